The van der Waals surface area contributed by atoms with Gasteiger partial charge >= 0.3 is 0 Å². The molecule has 0 aliphatic rings. The second-order valence-corrected chi connectivity index (χ2v) is 4.97. The third-order valence-corrected chi connectivity index (χ3v) is 3.18. The van der Waals surface area contributed by atoms with E-state index in [1.165, 1.54) is 0 Å². The fourth-order valence-electron chi connectivity index (χ4n) is 2.04. The summed E-state index contributed by atoms with van der Waals surface area (Å²) in [5.74, 6) is 1.40. The largest absolute Gasteiger partial charge is 0.464 e. The minimum absolute atomic E-state index is 0.171. The van der Waals surface area contributed by atoms with E-state index in [4.69, 9.17) is 10.2 Å². The first-order valence-electron chi connectivity index (χ1n) is 6.72. The number of aryl methyl sites for hydroxylation is 1. The van der Waals surface area contributed by atoms with E-state index in [0.717, 1.165) is 17.1 Å². The SMILES string of the molecule is Cc1ccc(C(C)NC(=O)[C@@H](N)Cc2ccccc2)o1. The molecule has 4 nitrogen and oxygen atoms in total. The summed E-state index contributed by atoms with van der Waals surface area (Å²) in [7, 11) is 0. The number of carbonyl (C=O) groups is 1. The van der Waals surface area contributed by atoms with Gasteiger partial charge in [-0.1, -0.05) is 30.3 Å². The number of rotatable bonds is 5. The van der Waals surface area contributed by atoms with Crippen LogP contribution in [-0.2, 0) is 11.2 Å². The van der Waals surface area contributed by atoms with Gasteiger partial charge in [0.2, 0.25) is 5.91 Å². The highest BCUT2D eigenvalue weighted by Gasteiger charge is 2.18. The first-order valence-corrected chi connectivity index (χ1v) is 6.72. The topological polar surface area (TPSA) is 68.3 Å². The van der Waals surface area contributed by atoms with Crippen molar-refractivity contribution in [2.45, 2.75) is 32.4 Å². The molecule has 3 N–H and O–H groups in total. The Morgan fingerprint density at radius 1 is 1.25 bits per heavy atom. The summed E-state index contributed by atoms with van der Waals surface area (Å²) in [4.78, 5) is 12.1. The standard InChI is InChI=1S/C16H20N2O2/c1-11-8-9-15(20-11)12(2)18-16(19)14(17)10-13-6-4-3-5-7-13/h3-9,12,14H,10,17H2,1-2H3,(H,18,19)/t12?,14-/m0/s1. The van der Waals surface area contributed by atoms with Gasteiger partial charge in [0.05, 0.1) is 12.1 Å². The molecule has 0 aliphatic heterocycles. The van der Waals surface area contributed by atoms with Gasteiger partial charge in [-0.25, -0.2) is 0 Å². The van der Waals surface area contributed by atoms with Crippen LogP contribution >= 0.6 is 0 Å². The lowest BCUT2D eigenvalue weighted by atomic mass is 10.1. The van der Waals surface area contributed by atoms with Crippen molar-refractivity contribution in [1.29, 1.82) is 0 Å². The van der Waals surface area contributed by atoms with E-state index < -0.39 is 6.04 Å². The average molecular weight is 272 g/mol. The minimum atomic E-state index is -0.559. The fourth-order valence-corrected chi connectivity index (χ4v) is 2.04. The van der Waals surface area contributed by atoms with Crippen LogP contribution in [-0.4, -0.2) is 11.9 Å². The highest BCUT2D eigenvalue weighted by atomic mass is 16.3. The van der Waals surface area contributed by atoms with E-state index >= 15 is 0 Å². The molecular weight excluding hydrogens is 252 g/mol. The summed E-state index contributed by atoms with van der Waals surface area (Å²) in [6, 6.07) is 12.7. The number of amides is 1. The van der Waals surface area contributed by atoms with Crippen molar-refractivity contribution in [2.75, 3.05) is 0 Å². The summed E-state index contributed by atoms with van der Waals surface area (Å²) in [6.45, 7) is 3.75. The van der Waals surface area contributed by atoms with E-state index in [-0.39, 0.29) is 11.9 Å². The number of nitrogens with one attached hydrogen (secondary N) is 1. The maximum Gasteiger partial charge on any atom is 0.237 e. The molecule has 4 heteroatoms. The molecule has 2 atom stereocenters. The number of furan rings is 1. The average Bonchev–Trinajstić information content (AvgIpc) is 2.86. The van der Waals surface area contributed by atoms with Crippen molar-refractivity contribution >= 4 is 5.91 Å². The lowest BCUT2D eigenvalue weighted by molar-refractivity contribution is -0.123. The fraction of sp³-hybridized carbons (Fsp3) is 0.312. The lowest BCUT2D eigenvalue weighted by Crippen LogP contribution is -2.42. The second kappa shape index (κ2) is 6.39. The quantitative estimate of drug-likeness (QED) is 0.877. The first kappa shape index (κ1) is 14.3. The highest BCUT2D eigenvalue weighted by Crippen LogP contribution is 2.15. The van der Waals surface area contributed by atoms with Crippen LogP contribution in [0.3, 0.4) is 0 Å². The van der Waals surface area contributed by atoms with Gasteiger partial charge in [0.25, 0.3) is 0 Å². The zero-order valence-corrected chi connectivity index (χ0v) is 11.8. The van der Waals surface area contributed by atoms with E-state index in [1.54, 1.807) is 0 Å². The molecule has 0 spiro atoms. The molecule has 1 heterocycles. The van der Waals surface area contributed by atoms with Crippen molar-refractivity contribution < 1.29 is 9.21 Å². The zero-order valence-electron chi connectivity index (χ0n) is 11.8. The molecule has 20 heavy (non-hydrogen) atoms. The molecule has 0 saturated carbocycles. The molecule has 0 fully saturated rings. The van der Waals surface area contributed by atoms with Crippen molar-refractivity contribution in [3.05, 3.63) is 59.5 Å². The van der Waals surface area contributed by atoms with E-state index in [1.807, 2.05) is 56.3 Å². The van der Waals surface area contributed by atoms with Gasteiger partial charge in [-0.2, -0.15) is 0 Å². The molecular formula is C16H20N2O2. The Labute approximate surface area is 119 Å². The number of hydrogen-bond donors (Lipinski definition) is 2. The third-order valence-electron chi connectivity index (χ3n) is 3.18. The maximum atomic E-state index is 12.1. The summed E-state index contributed by atoms with van der Waals surface area (Å²) >= 11 is 0. The van der Waals surface area contributed by atoms with Crippen LogP contribution in [0.2, 0.25) is 0 Å². The van der Waals surface area contributed by atoms with Gasteiger partial charge in [-0.3, -0.25) is 4.79 Å². The monoisotopic (exact) mass is 272 g/mol. The highest BCUT2D eigenvalue weighted by molar-refractivity contribution is 5.82. The molecule has 1 unspecified atom stereocenters. The summed E-state index contributed by atoms with van der Waals surface area (Å²) < 4.78 is 5.49. The Balaban J connectivity index is 1.91. The van der Waals surface area contributed by atoms with Crippen molar-refractivity contribution in [3.63, 3.8) is 0 Å². The summed E-state index contributed by atoms with van der Waals surface area (Å²) in [5.41, 5.74) is 6.99. The Morgan fingerprint density at radius 2 is 1.95 bits per heavy atom. The normalized spacial score (nSPS) is 13.8. The number of hydrogen-bond acceptors (Lipinski definition) is 3. The smallest absolute Gasteiger partial charge is 0.237 e. The van der Waals surface area contributed by atoms with Crippen molar-refractivity contribution in [1.82, 2.24) is 5.32 Å². The summed E-state index contributed by atoms with van der Waals surface area (Å²) in [5, 5.41) is 2.87. The van der Waals surface area contributed by atoms with Gasteiger partial charge in [0.1, 0.15) is 11.5 Å². The summed E-state index contributed by atoms with van der Waals surface area (Å²) in [6.07, 6.45) is 0.524. The van der Waals surface area contributed by atoms with Crippen LogP contribution in [0, 0.1) is 6.92 Å². The molecule has 106 valence electrons. The predicted molar refractivity (Wildman–Crippen MR) is 78.1 cm³/mol. The molecule has 1 amide bonds. The Bertz CT molecular complexity index is 563. The van der Waals surface area contributed by atoms with E-state index in [0.29, 0.717) is 6.42 Å². The van der Waals surface area contributed by atoms with Crippen LogP contribution in [0.4, 0.5) is 0 Å². The molecule has 1 aromatic carbocycles. The minimum Gasteiger partial charge on any atom is -0.464 e. The van der Waals surface area contributed by atoms with E-state index in [9.17, 15) is 4.79 Å². The van der Waals surface area contributed by atoms with Crippen molar-refractivity contribution in [3.8, 4) is 0 Å². The molecule has 0 radical (unpaired) electrons. The van der Waals surface area contributed by atoms with E-state index in [2.05, 4.69) is 5.32 Å². The third kappa shape index (κ3) is 3.71. The van der Waals surface area contributed by atoms with Gasteiger partial charge in [0.15, 0.2) is 0 Å². The molecule has 0 aliphatic carbocycles. The number of carbonyl (C=O) groups excluding carboxylic acids is 1. The Kier molecular flexibility index (Phi) is 4.58. The van der Waals surface area contributed by atoms with Gasteiger partial charge in [-0.15, -0.1) is 0 Å². The predicted octanol–water partition coefficient (Wildman–Crippen LogP) is 2.34. The maximum absolute atomic E-state index is 12.1. The Hall–Kier alpha value is -2.07. The number of nitrogens with two attached hydrogens (primary N) is 1. The Morgan fingerprint density at radius 3 is 2.55 bits per heavy atom. The molecule has 1 aromatic heterocycles. The van der Waals surface area contributed by atoms with Crippen LogP contribution in [0.5, 0.6) is 0 Å². The second-order valence-electron chi connectivity index (χ2n) is 4.97. The molecule has 0 saturated heterocycles. The first-order chi connectivity index (χ1) is 9.56. The van der Waals surface area contributed by atoms with Crippen LogP contribution in [0.1, 0.15) is 30.0 Å². The number of benzene rings is 1. The van der Waals surface area contributed by atoms with Gasteiger partial charge in [0, 0.05) is 0 Å². The molecule has 2 rings (SSSR count). The van der Waals surface area contributed by atoms with Crippen LogP contribution in [0.25, 0.3) is 0 Å². The zero-order chi connectivity index (χ0) is 14.5. The van der Waals surface area contributed by atoms with Crippen LogP contribution in [0.15, 0.2) is 46.9 Å². The van der Waals surface area contributed by atoms with Crippen molar-refractivity contribution in [2.24, 2.45) is 5.73 Å². The lowest BCUT2D eigenvalue weighted by Gasteiger charge is -2.16. The van der Waals surface area contributed by atoms with Gasteiger partial charge in [-0.05, 0) is 38.0 Å². The van der Waals surface area contributed by atoms with Crippen LogP contribution < -0.4 is 11.1 Å². The molecule has 2 aromatic rings. The molecule has 0 bridgehead atoms. The van der Waals surface area contributed by atoms with Gasteiger partial charge < -0.3 is 15.5 Å².